The third-order valence-electron chi connectivity index (χ3n) is 3.90. The molecular weight excluding hydrogens is 370 g/mol. The van der Waals surface area contributed by atoms with E-state index < -0.39 is 11.9 Å². The standard InChI is InChI=1S/C20H18ClNO5/c1-13(15-5-8-17-18(10-15)27-12-26-17)22-19(23)11-25-20(24)9-4-14-2-6-16(21)7-3-14/h2-10,13H,11-12H2,1H3,(H,22,23)/b9-4+/t13-/m0/s1. The molecule has 0 bridgehead atoms. The lowest BCUT2D eigenvalue weighted by atomic mass is 10.1. The Hall–Kier alpha value is -2.99. The molecule has 1 N–H and O–H groups in total. The number of carbonyl (C=O) groups excluding carboxylic acids is 2. The maximum atomic E-state index is 12.0. The molecule has 27 heavy (non-hydrogen) atoms. The van der Waals surface area contributed by atoms with E-state index in [4.69, 9.17) is 25.8 Å². The van der Waals surface area contributed by atoms with Crippen molar-refractivity contribution in [2.75, 3.05) is 13.4 Å². The minimum absolute atomic E-state index is 0.193. The Morgan fingerprint density at radius 3 is 2.70 bits per heavy atom. The van der Waals surface area contributed by atoms with Gasteiger partial charge in [0.1, 0.15) is 0 Å². The molecule has 6 nitrogen and oxygen atoms in total. The highest BCUT2D eigenvalue weighted by Crippen LogP contribution is 2.34. The lowest BCUT2D eigenvalue weighted by Crippen LogP contribution is -2.30. The Kier molecular flexibility index (Phi) is 5.98. The third-order valence-corrected chi connectivity index (χ3v) is 4.15. The molecule has 0 saturated carbocycles. The van der Waals surface area contributed by atoms with Crippen LogP contribution in [0.1, 0.15) is 24.1 Å². The highest BCUT2D eigenvalue weighted by Gasteiger charge is 2.17. The van der Waals surface area contributed by atoms with E-state index in [-0.39, 0.29) is 19.4 Å². The Balaban J connectivity index is 1.46. The average Bonchev–Trinajstić information content (AvgIpc) is 3.13. The van der Waals surface area contributed by atoms with E-state index in [1.807, 2.05) is 19.1 Å². The van der Waals surface area contributed by atoms with E-state index in [0.29, 0.717) is 16.5 Å². The maximum absolute atomic E-state index is 12.0. The molecule has 1 aliphatic heterocycles. The van der Waals surface area contributed by atoms with Gasteiger partial charge in [0, 0.05) is 11.1 Å². The zero-order valence-corrected chi connectivity index (χ0v) is 15.4. The fraction of sp³-hybridized carbons (Fsp3) is 0.200. The monoisotopic (exact) mass is 387 g/mol. The fourth-order valence-electron chi connectivity index (χ4n) is 2.47. The van der Waals surface area contributed by atoms with Crippen molar-refractivity contribution in [3.8, 4) is 11.5 Å². The van der Waals surface area contributed by atoms with Crippen molar-refractivity contribution in [2.24, 2.45) is 0 Å². The van der Waals surface area contributed by atoms with Crippen molar-refractivity contribution in [2.45, 2.75) is 13.0 Å². The number of esters is 1. The predicted octanol–water partition coefficient (Wildman–Crippen LogP) is 3.50. The van der Waals surface area contributed by atoms with Gasteiger partial charge in [0.05, 0.1) is 6.04 Å². The number of fused-ring (bicyclic) bond motifs is 1. The summed E-state index contributed by atoms with van der Waals surface area (Å²) in [5.74, 6) is 0.329. The number of rotatable bonds is 6. The van der Waals surface area contributed by atoms with Gasteiger partial charge in [-0.15, -0.1) is 0 Å². The Labute approximate surface area is 161 Å². The van der Waals surface area contributed by atoms with Crippen LogP contribution >= 0.6 is 11.6 Å². The van der Waals surface area contributed by atoms with Crippen LogP contribution in [0.4, 0.5) is 0 Å². The van der Waals surface area contributed by atoms with Crippen LogP contribution in [0.3, 0.4) is 0 Å². The number of amides is 1. The topological polar surface area (TPSA) is 73.9 Å². The largest absolute Gasteiger partial charge is 0.454 e. The summed E-state index contributed by atoms with van der Waals surface area (Å²) in [7, 11) is 0. The number of nitrogens with one attached hydrogen (secondary N) is 1. The molecule has 140 valence electrons. The van der Waals surface area contributed by atoms with E-state index >= 15 is 0 Å². The van der Waals surface area contributed by atoms with Gasteiger partial charge in [-0.3, -0.25) is 4.79 Å². The van der Waals surface area contributed by atoms with Crippen molar-refractivity contribution in [3.05, 3.63) is 64.7 Å². The Bertz CT molecular complexity index is 863. The molecule has 7 heteroatoms. The number of hydrogen-bond donors (Lipinski definition) is 1. The second-order valence-corrected chi connectivity index (χ2v) is 6.33. The van der Waals surface area contributed by atoms with Gasteiger partial charge < -0.3 is 19.5 Å². The molecule has 3 rings (SSSR count). The van der Waals surface area contributed by atoms with E-state index in [2.05, 4.69) is 5.32 Å². The third kappa shape index (κ3) is 5.24. The zero-order valence-electron chi connectivity index (χ0n) is 14.6. The molecule has 1 aliphatic rings. The Morgan fingerprint density at radius 1 is 1.19 bits per heavy atom. The van der Waals surface area contributed by atoms with Crippen LogP contribution in [0.25, 0.3) is 6.08 Å². The van der Waals surface area contributed by atoms with Crippen LogP contribution in [0.15, 0.2) is 48.5 Å². The normalized spacial score (nSPS) is 13.4. The average molecular weight is 388 g/mol. The molecule has 0 spiro atoms. The first-order valence-electron chi connectivity index (χ1n) is 8.30. The van der Waals surface area contributed by atoms with Crippen molar-refractivity contribution in [1.29, 1.82) is 0 Å². The molecular formula is C20H18ClNO5. The minimum atomic E-state index is -0.601. The van der Waals surface area contributed by atoms with Gasteiger partial charge >= 0.3 is 5.97 Å². The summed E-state index contributed by atoms with van der Waals surface area (Å²) in [5, 5.41) is 3.39. The number of halogens is 1. The summed E-state index contributed by atoms with van der Waals surface area (Å²) < 4.78 is 15.5. The number of ether oxygens (including phenoxy) is 3. The molecule has 0 radical (unpaired) electrons. The highest BCUT2D eigenvalue weighted by atomic mass is 35.5. The smallest absolute Gasteiger partial charge is 0.331 e. The molecule has 2 aromatic rings. The SMILES string of the molecule is C[C@H](NC(=O)COC(=O)/C=C/c1ccc(Cl)cc1)c1ccc2c(c1)OCO2. The molecule has 2 aromatic carbocycles. The van der Waals surface area contributed by atoms with E-state index in [1.165, 1.54) is 6.08 Å². The van der Waals surface area contributed by atoms with Gasteiger partial charge in [0.25, 0.3) is 5.91 Å². The van der Waals surface area contributed by atoms with Crippen molar-refractivity contribution < 1.29 is 23.8 Å². The van der Waals surface area contributed by atoms with Crippen molar-refractivity contribution in [3.63, 3.8) is 0 Å². The lowest BCUT2D eigenvalue weighted by molar-refractivity contribution is -0.144. The first kappa shape index (κ1) is 18.8. The summed E-state index contributed by atoms with van der Waals surface area (Å²) >= 11 is 5.80. The molecule has 0 saturated heterocycles. The minimum Gasteiger partial charge on any atom is -0.454 e. The van der Waals surface area contributed by atoms with Gasteiger partial charge in [0.15, 0.2) is 18.1 Å². The van der Waals surface area contributed by atoms with Crippen molar-refractivity contribution in [1.82, 2.24) is 5.32 Å². The first-order chi connectivity index (χ1) is 13.0. The van der Waals surface area contributed by atoms with Crippen LogP contribution in [0, 0.1) is 0 Å². The summed E-state index contributed by atoms with van der Waals surface area (Å²) in [5.41, 5.74) is 1.67. The van der Waals surface area contributed by atoms with E-state index in [0.717, 1.165) is 11.1 Å². The maximum Gasteiger partial charge on any atom is 0.331 e. The van der Waals surface area contributed by atoms with Crippen molar-refractivity contribution >= 4 is 29.6 Å². The van der Waals surface area contributed by atoms with Gasteiger partial charge in [-0.05, 0) is 48.4 Å². The van der Waals surface area contributed by atoms with Crippen LogP contribution in [-0.4, -0.2) is 25.3 Å². The molecule has 1 atom stereocenters. The second-order valence-electron chi connectivity index (χ2n) is 5.89. The van der Waals surface area contributed by atoms with Crippen LogP contribution in [-0.2, 0) is 14.3 Å². The summed E-state index contributed by atoms with van der Waals surface area (Å²) in [6.07, 6.45) is 2.85. The molecule has 0 fully saturated rings. The fourth-order valence-corrected chi connectivity index (χ4v) is 2.60. The molecule has 0 unspecified atom stereocenters. The number of carbonyl (C=O) groups is 2. The van der Waals surface area contributed by atoms with Crippen LogP contribution in [0.5, 0.6) is 11.5 Å². The predicted molar refractivity (Wildman–Crippen MR) is 101 cm³/mol. The number of hydrogen-bond acceptors (Lipinski definition) is 5. The molecule has 0 aromatic heterocycles. The zero-order chi connectivity index (χ0) is 19.2. The van der Waals surface area contributed by atoms with Gasteiger partial charge in [-0.2, -0.15) is 0 Å². The Morgan fingerprint density at radius 2 is 1.93 bits per heavy atom. The van der Waals surface area contributed by atoms with Gasteiger partial charge in [-0.1, -0.05) is 29.8 Å². The van der Waals surface area contributed by atoms with E-state index in [9.17, 15) is 9.59 Å². The molecule has 1 amide bonds. The highest BCUT2D eigenvalue weighted by molar-refractivity contribution is 6.30. The van der Waals surface area contributed by atoms with E-state index in [1.54, 1.807) is 36.4 Å². The molecule has 0 aliphatic carbocycles. The van der Waals surface area contributed by atoms with Gasteiger partial charge in [-0.25, -0.2) is 4.79 Å². The quantitative estimate of drug-likeness (QED) is 0.606. The summed E-state index contributed by atoms with van der Waals surface area (Å²) in [6.45, 7) is 1.66. The molecule has 1 heterocycles. The lowest BCUT2D eigenvalue weighted by Gasteiger charge is -2.14. The van der Waals surface area contributed by atoms with Crippen LogP contribution < -0.4 is 14.8 Å². The first-order valence-corrected chi connectivity index (χ1v) is 8.68. The summed E-state index contributed by atoms with van der Waals surface area (Å²) in [6, 6.07) is 12.2. The van der Waals surface area contributed by atoms with Gasteiger partial charge in [0.2, 0.25) is 6.79 Å². The summed E-state index contributed by atoms with van der Waals surface area (Å²) in [4.78, 5) is 23.7. The van der Waals surface area contributed by atoms with Crippen LogP contribution in [0.2, 0.25) is 5.02 Å². The number of benzene rings is 2. The second kappa shape index (κ2) is 8.60.